The highest BCUT2D eigenvalue weighted by molar-refractivity contribution is 9.10. The van der Waals surface area contributed by atoms with Gasteiger partial charge in [-0.2, -0.15) is 0 Å². The molecule has 4 nitrogen and oxygen atoms in total. The molecule has 1 atom stereocenters. The standard InChI is InChI=1S/C9H13BrN4/c10-8-13-12-7-6(9(11)3-4-9)2-1-5-14(7)8/h6H,1-5,11H2. The molecule has 1 fully saturated rings. The molecule has 1 aromatic rings. The molecular weight excluding hydrogens is 244 g/mol. The molecule has 0 radical (unpaired) electrons. The van der Waals surface area contributed by atoms with E-state index in [-0.39, 0.29) is 5.54 Å². The van der Waals surface area contributed by atoms with E-state index >= 15 is 0 Å². The number of halogens is 1. The minimum absolute atomic E-state index is 0.0324. The number of hydrogen-bond donors (Lipinski definition) is 1. The fourth-order valence-corrected chi connectivity index (χ4v) is 2.82. The van der Waals surface area contributed by atoms with Crippen LogP contribution in [0.3, 0.4) is 0 Å². The summed E-state index contributed by atoms with van der Waals surface area (Å²) in [5.74, 6) is 1.51. The van der Waals surface area contributed by atoms with Gasteiger partial charge in [-0.25, -0.2) is 0 Å². The van der Waals surface area contributed by atoms with Gasteiger partial charge in [-0.1, -0.05) is 0 Å². The van der Waals surface area contributed by atoms with Gasteiger partial charge in [0.05, 0.1) is 0 Å². The van der Waals surface area contributed by atoms with Crippen molar-refractivity contribution in [2.24, 2.45) is 5.73 Å². The molecule has 2 N–H and O–H groups in total. The Morgan fingerprint density at radius 3 is 2.93 bits per heavy atom. The largest absolute Gasteiger partial charge is 0.324 e. The van der Waals surface area contributed by atoms with Gasteiger partial charge in [0.25, 0.3) is 0 Å². The van der Waals surface area contributed by atoms with Crippen LogP contribution in [0.4, 0.5) is 0 Å². The monoisotopic (exact) mass is 256 g/mol. The molecule has 1 aliphatic carbocycles. The van der Waals surface area contributed by atoms with Crippen LogP contribution < -0.4 is 5.73 Å². The molecule has 0 amide bonds. The number of rotatable bonds is 1. The number of hydrogen-bond acceptors (Lipinski definition) is 3. The Morgan fingerprint density at radius 1 is 1.43 bits per heavy atom. The van der Waals surface area contributed by atoms with E-state index in [0.29, 0.717) is 5.92 Å². The first-order valence-electron chi connectivity index (χ1n) is 5.08. The van der Waals surface area contributed by atoms with Crippen molar-refractivity contribution in [3.8, 4) is 0 Å². The van der Waals surface area contributed by atoms with Crippen molar-refractivity contribution >= 4 is 15.9 Å². The van der Waals surface area contributed by atoms with Crippen molar-refractivity contribution in [2.75, 3.05) is 0 Å². The summed E-state index contributed by atoms with van der Waals surface area (Å²) < 4.78 is 3.00. The second-order valence-corrected chi connectivity index (χ2v) is 5.12. The molecule has 5 heteroatoms. The van der Waals surface area contributed by atoms with E-state index in [4.69, 9.17) is 5.73 Å². The van der Waals surface area contributed by atoms with Gasteiger partial charge in [-0.05, 0) is 41.6 Å². The van der Waals surface area contributed by atoms with E-state index in [9.17, 15) is 0 Å². The molecule has 0 saturated heterocycles. The lowest BCUT2D eigenvalue weighted by Crippen LogP contribution is -2.35. The van der Waals surface area contributed by atoms with Crippen LogP contribution in [-0.4, -0.2) is 20.3 Å². The normalized spacial score (nSPS) is 28.6. The van der Waals surface area contributed by atoms with Crippen LogP contribution in [0.5, 0.6) is 0 Å². The summed E-state index contributed by atoms with van der Waals surface area (Å²) in [6.07, 6.45) is 4.64. The third kappa shape index (κ3) is 1.15. The molecule has 0 spiro atoms. The lowest BCUT2D eigenvalue weighted by molar-refractivity contribution is 0.377. The van der Waals surface area contributed by atoms with E-state index in [1.807, 2.05) is 0 Å². The van der Waals surface area contributed by atoms with Crippen LogP contribution in [0.2, 0.25) is 0 Å². The first-order chi connectivity index (χ1) is 6.71. The molecule has 76 valence electrons. The van der Waals surface area contributed by atoms with Crippen molar-refractivity contribution in [3.63, 3.8) is 0 Å². The van der Waals surface area contributed by atoms with Crippen LogP contribution in [0.25, 0.3) is 0 Å². The first kappa shape index (κ1) is 8.85. The zero-order valence-corrected chi connectivity index (χ0v) is 9.50. The van der Waals surface area contributed by atoms with Crippen LogP contribution >= 0.6 is 15.9 Å². The lowest BCUT2D eigenvalue weighted by Gasteiger charge is -2.27. The summed E-state index contributed by atoms with van der Waals surface area (Å²) in [5, 5.41) is 8.29. The van der Waals surface area contributed by atoms with Gasteiger partial charge >= 0.3 is 0 Å². The highest BCUT2D eigenvalue weighted by atomic mass is 79.9. The fraction of sp³-hybridized carbons (Fsp3) is 0.778. The molecular formula is C9H13BrN4. The summed E-state index contributed by atoms with van der Waals surface area (Å²) in [5.41, 5.74) is 6.28. The van der Waals surface area contributed by atoms with Crippen molar-refractivity contribution in [1.29, 1.82) is 0 Å². The van der Waals surface area contributed by atoms with Gasteiger partial charge in [-0.15, -0.1) is 10.2 Å². The molecule has 2 heterocycles. The number of nitrogens with two attached hydrogens (primary N) is 1. The smallest absolute Gasteiger partial charge is 0.200 e. The van der Waals surface area contributed by atoms with Gasteiger partial charge < -0.3 is 10.3 Å². The van der Waals surface area contributed by atoms with E-state index in [0.717, 1.165) is 29.9 Å². The maximum Gasteiger partial charge on any atom is 0.200 e. The van der Waals surface area contributed by atoms with Crippen molar-refractivity contribution in [1.82, 2.24) is 14.8 Å². The third-order valence-corrected chi connectivity index (χ3v) is 4.03. The summed E-state index contributed by atoms with van der Waals surface area (Å²) in [6.45, 7) is 1.02. The van der Waals surface area contributed by atoms with E-state index in [1.165, 1.54) is 12.8 Å². The zero-order chi connectivity index (χ0) is 9.76. The molecule has 1 unspecified atom stereocenters. The topological polar surface area (TPSA) is 56.7 Å². The van der Waals surface area contributed by atoms with E-state index in [1.54, 1.807) is 0 Å². The summed E-state index contributed by atoms with van der Waals surface area (Å²) >= 11 is 3.42. The number of nitrogens with zero attached hydrogens (tertiary/aromatic N) is 3. The maximum absolute atomic E-state index is 6.25. The molecule has 14 heavy (non-hydrogen) atoms. The van der Waals surface area contributed by atoms with Gasteiger partial charge in [0.2, 0.25) is 0 Å². The Bertz CT molecular complexity index is 369. The van der Waals surface area contributed by atoms with Crippen LogP contribution in [0.1, 0.15) is 37.4 Å². The number of aromatic nitrogens is 3. The molecule has 0 aromatic carbocycles. The minimum atomic E-state index is 0.0324. The van der Waals surface area contributed by atoms with Gasteiger partial charge in [0, 0.05) is 18.0 Å². The summed E-state index contributed by atoms with van der Waals surface area (Å²) in [4.78, 5) is 0. The second kappa shape index (κ2) is 2.79. The Morgan fingerprint density at radius 2 is 2.21 bits per heavy atom. The number of fused-ring (bicyclic) bond motifs is 1. The van der Waals surface area contributed by atoms with E-state index in [2.05, 4.69) is 30.7 Å². The quantitative estimate of drug-likeness (QED) is 0.827. The SMILES string of the molecule is NC1(C2CCCn3c(Br)nnc32)CC1. The van der Waals surface area contributed by atoms with Gasteiger partial charge in [0.15, 0.2) is 4.73 Å². The van der Waals surface area contributed by atoms with Gasteiger partial charge in [0.1, 0.15) is 5.82 Å². The highest BCUT2D eigenvalue weighted by Crippen LogP contribution is 2.48. The molecule has 2 aliphatic rings. The van der Waals surface area contributed by atoms with Gasteiger partial charge in [-0.3, -0.25) is 0 Å². The molecule has 3 rings (SSSR count). The van der Waals surface area contributed by atoms with Crippen molar-refractivity contribution < 1.29 is 0 Å². The first-order valence-corrected chi connectivity index (χ1v) is 5.87. The second-order valence-electron chi connectivity index (χ2n) is 4.41. The average molecular weight is 257 g/mol. The summed E-state index contributed by atoms with van der Waals surface area (Å²) in [6, 6.07) is 0. The van der Waals surface area contributed by atoms with Crippen molar-refractivity contribution in [3.05, 3.63) is 10.6 Å². The lowest BCUT2D eigenvalue weighted by atomic mass is 9.89. The van der Waals surface area contributed by atoms with E-state index < -0.39 is 0 Å². The predicted octanol–water partition coefficient (Wildman–Crippen LogP) is 1.41. The maximum atomic E-state index is 6.25. The minimum Gasteiger partial charge on any atom is -0.324 e. The predicted molar refractivity (Wildman–Crippen MR) is 55.8 cm³/mol. The summed E-state index contributed by atoms with van der Waals surface area (Å²) in [7, 11) is 0. The van der Waals surface area contributed by atoms with Crippen LogP contribution in [-0.2, 0) is 6.54 Å². The molecule has 1 aromatic heterocycles. The Kier molecular flexibility index (Phi) is 1.77. The van der Waals surface area contributed by atoms with Crippen LogP contribution in [0, 0.1) is 0 Å². The zero-order valence-electron chi connectivity index (χ0n) is 7.91. The Labute approximate surface area is 91.0 Å². The average Bonchev–Trinajstić information content (AvgIpc) is 2.83. The van der Waals surface area contributed by atoms with Crippen LogP contribution in [0.15, 0.2) is 4.73 Å². The third-order valence-electron chi connectivity index (χ3n) is 3.44. The molecule has 0 bridgehead atoms. The molecule has 1 saturated carbocycles. The fourth-order valence-electron chi connectivity index (χ4n) is 2.38. The van der Waals surface area contributed by atoms with Crippen molar-refractivity contribution in [2.45, 2.75) is 43.7 Å². The highest BCUT2D eigenvalue weighted by Gasteiger charge is 2.49. The molecule has 1 aliphatic heterocycles. The Hall–Kier alpha value is -0.420. The Balaban J connectivity index is 2.03.